The highest BCUT2D eigenvalue weighted by atomic mass is 32.2. The molecule has 2 aromatic rings. The first-order valence-corrected chi connectivity index (χ1v) is 4.98. The number of nitrogen functional groups attached to an aromatic ring is 1. The summed E-state index contributed by atoms with van der Waals surface area (Å²) in [7, 11) is 0. The molecule has 0 aromatic carbocycles. The largest absolute Gasteiger partial charge is 0.384 e. The van der Waals surface area contributed by atoms with Crippen LogP contribution in [0.1, 0.15) is 0 Å². The molecule has 2 rings (SSSR count). The van der Waals surface area contributed by atoms with Crippen molar-refractivity contribution < 1.29 is 0 Å². The van der Waals surface area contributed by atoms with Crippen LogP contribution in [-0.2, 0) is 0 Å². The highest BCUT2D eigenvalue weighted by Crippen LogP contribution is 2.23. The normalized spacial score (nSPS) is 10.0. The monoisotopic (exact) mass is 203 g/mol. The molecule has 3 nitrogen and oxygen atoms in total. The van der Waals surface area contributed by atoms with Crippen molar-refractivity contribution in [3.05, 3.63) is 42.6 Å². The van der Waals surface area contributed by atoms with Crippen molar-refractivity contribution in [2.24, 2.45) is 0 Å². The number of pyridine rings is 2. The predicted molar refractivity (Wildman–Crippen MR) is 57.0 cm³/mol. The van der Waals surface area contributed by atoms with Crippen molar-refractivity contribution in [3.8, 4) is 0 Å². The van der Waals surface area contributed by atoms with E-state index in [4.69, 9.17) is 5.73 Å². The van der Waals surface area contributed by atoms with E-state index in [0.717, 1.165) is 10.1 Å². The number of hydrogen-bond donors (Lipinski definition) is 1. The van der Waals surface area contributed by atoms with Gasteiger partial charge in [0.05, 0.1) is 0 Å². The molecule has 0 unspecified atom stereocenters. The molecular weight excluding hydrogens is 194 g/mol. The Bertz CT molecular complexity index is 417. The summed E-state index contributed by atoms with van der Waals surface area (Å²) in [6.07, 6.45) is 1.76. The molecule has 0 radical (unpaired) electrons. The quantitative estimate of drug-likeness (QED) is 0.813. The molecule has 0 aliphatic heterocycles. The van der Waals surface area contributed by atoms with Crippen LogP contribution in [0.4, 0.5) is 5.82 Å². The van der Waals surface area contributed by atoms with E-state index in [1.54, 1.807) is 12.3 Å². The summed E-state index contributed by atoms with van der Waals surface area (Å²) < 4.78 is 0. The van der Waals surface area contributed by atoms with Gasteiger partial charge in [-0.15, -0.1) is 0 Å². The van der Waals surface area contributed by atoms with Crippen molar-refractivity contribution >= 4 is 17.6 Å². The Kier molecular flexibility index (Phi) is 2.65. The number of nitrogens with zero attached hydrogens (tertiary/aromatic N) is 2. The maximum absolute atomic E-state index is 5.57. The summed E-state index contributed by atoms with van der Waals surface area (Å²) >= 11 is 1.50. The molecule has 0 saturated heterocycles. The molecule has 0 fully saturated rings. The first-order valence-electron chi connectivity index (χ1n) is 4.16. The molecule has 0 atom stereocenters. The van der Waals surface area contributed by atoms with E-state index in [2.05, 4.69) is 9.97 Å². The van der Waals surface area contributed by atoms with E-state index in [0.29, 0.717) is 5.82 Å². The second-order valence-corrected chi connectivity index (χ2v) is 3.71. The van der Waals surface area contributed by atoms with Gasteiger partial charge in [-0.2, -0.15) is 0 Å². The van der Waals surface area contributed by atoms with Crippen LogP contribution in [0.3, 0.4) is 0 Å². The second-order valence-electron chi connectivity index (χ2n) is 2.67. The van der Waals surface area contributed by atoms with Crippen LogP contribution in [0.2, 0.25) is 0 Å². The Hall–Kier alpha value is -1.55. The summed E-state index contributed by atoms with van der Waals surface area (Å²) in [5.41, 5.74) is 5.57. The molecular formula is C10H9N3S. The van der Waals surface area contributed by atoms with Gasteiger partial charge in [-0.1, -0.05) is 23.9 Å². The second kappa shape index (κ2) is 4.11. The number of anilines is 1. The Labute approximate surface area is 86.4 Å². The molecule has 0 bridgehead atoms. The Morgan fingerprint density at radius 2 is 1.86 bits per heavy atom. The fraction of sp³-hybridized carbons (Fsp3) is 0. The lowest BCUT2D eigenvalue weighted by atomic mass is 10.5. The molecule has 2 N–H and O–H groups in total. The van der Waals surface area contributed by atoms with Crippen LogP contribution in [0.25, 0.3) is 0 Å². The summed E-state index contributed by atoms with van der Waals surface area (Å²) in [5.74, 6) is 0.533. The first kappa shape index (κ1) is 9.02. The lowest BCUT2D eigenvalue weighted by Crippen LogP contribution is -1.90. The highest BCUT2D eigenvalue weighted by Gasteiger charge is 1.98. The van der Waals surface area contributed by atoms with Gasteiger partial charge in [0, 0.05) is 6.20 Å². The maximum atomic E-state index is 5.57. The van der Waals surface area contributed by atoms with Gasteiger partial charge < -0.3 is 5.73 Å². The molecule has 4 heteroatoms. The van der Waals surface area contributed by atoms with Crippen LogP contribution in [0.5, 0.6) is 0 Å². The van der Waals surface area contributed by atoms with Gasteiger partial charge in [0.15, 0.2) is 0 Å². The zero-order valence-electron chi connectivity index (χ0n) is 7.42. The van der Waals surface area contributed by atoms with Crippen molar-refractivity contribution in [1.82, 2.24) is 9.97 Å². The minimum atomic E-state index is 0.533. The third-order valence-electron chi connectivity index (χ3n) is 1.59. The highest BCUT2D eigenvalue weighted by molar-refractivity contribution is 7.99. The average molecular weight is 203 g/mol. The molecule has 2 heterocycles. The topological polar surface area (TPSA) is 51.8 Å². The van der Waals surface area contributed by atoms with Gasteiger partial charge in [-0.25, -0.2) is 9.97 Å². The SMILES string of the molecule is Nc1cccc(Sc2ccccn2)n1. The molecule has 0 aliphatic rings. The maximum Gasteiger partial charge on any atom is 0.124 e. The molecule has 0 saturated carbocycles. The van der Waals surface area contributed by atoms with Gasteiger partial charge in [-0.3, -0.25) is 0 Å². The molecule has 2 aromatic heterocycles. The Morgan fingerprint density at radius 1 is 1.00 bits per heavy atom. The van der Waals surface area contributed by atoms with Gasteiger partial charge in [-0.05, 0) is 24.3 Å². The van der Waals surface area contributed by atoms with Gasteiger partial charge in [0.25, 0.3) is 0 Å². The van der Waals surface area contributed by atoms with Crippen LogP contribution >= 0.6 is 11.8 Å². The van der Waals surface area contributed by atoms with E-state index in [-0.39, 0.29) is 0 Å². The third-order valence-corrected chi connectivity index (χ3v) is 2.48. The van der Waals surface area contributed by atoms with Crippen LogP contribution in [0, 0.1) is 0 Å². The van der Waals surface area contributed by atoms with Gasteiger partial charge in [0.2, 0.25) is 0 Å². The summed E-state index contributed by atoms with van der Waals surface area (Å²) in [6.45, 7) is 0. The zero-order chi connectivity index (χ0) is 9.80. The Morgan fingerprint density at radius 3 is 2.57 bits per heavy atom. The lowest BCUT2D eigenvalue weighted by molar-refractivity contribution is 1.10. The van der Waals surface area contributed by atoms with Crippen molar-refractivity contribution in [2.75, 3.05) is 5.73 Å². The number of rotatable bonds is 2. The predicted octanol–water partition coefficient (Wildman–Crippen LogP) is 2.21. The van der Waals surface area contributed by atoms with Crippen molar-refractivity contribution in [3.63, 3.8) is 0 Å². The van der Waals surface area contributed by atoms with E-state index in [1.807, 2.05) is 30.3 Å². The van der Waals surface area contributed by atoms with E-state index in [9.17, 15) is 0 Å². The fourth-order valence-electron chi connectivity index (χ4n) is 1.00. The molecule has 70 valence electrons. The van der Waals surface area contributed by atoms with E-state index >= 15 is 0 Å². The molecule has 0 spiro atoms. The minimum absolute atomic E-state index is 0.533. The summed E-state index contributed by atoms with van der Waals surface area (Å²) in [4.78, 5) is 8.36. The lowest BCUT2D eigenvalue weighted by Gasteiger charge is -1.99. The number of nitrogens with two attached hydrogens (primary N) is 1. The molecule has 0 amide bonds. The van der Waals surface area contributed by atoms with Crippen molar-refractivity contribution in [1.29, 1.82) is 0 Å². The Balaban J connectivity index is 2.19. The standard InChI is InChI=1S/C10H9N3S/c11-8-4-3-6-10(13-8)14-9-5-1-2-7-12-9/h1-7H,(H2,11,13). The molecule has 14 heavy (non-hydrogen) atoms. The summed E-state index contributed by atoms with van der Waals surface area (Å²) in [6, 6.07) is 11.3. The van der Waals surface area contributed by atoms with Crippen LogP contribution in [-0.4, -0.2) is 9.97 Å². The average Bonchev–Trinajstić information content (AvgIpc) is 2.19. The van der Waals surface area contributed by atoms with E-state index in [1.165, 1.54) is 11.8 Å². The minimum Gasteiger partial charge on any atom is -0.384 e. The summed E-state index contributed by atoms with van der Waals surface area (Å²) in [5, 5.41) is 1.79. The molecule has 0 aliphatic carbocycles. The van der Waals surface area contributed by atoms with Gasteiger partial charge in [0.1, 0.15) is 15.9 Å². The van der Waals surface area contributed by atoms with Gasteiger partial charge >= 0.3 is 0 Å². The smallest absolute Gasteiger partial charge is 0.124 e. The van der Waals surface area contributed by atoms with Crippen LogP contribution in [0.15, 0.2) is 52.6 Å². The first-order chi connectivity index (χ1) is 6.84. The van der Waals surface area contributed by atoms with E-state index < -0.39 is 0 Å². The van der Waals surface area contributed by atoms with Crippen LogP contribution < -0.4 is 5.73 Å². The fourth-order valence-corrected chi connectivity index (χ4v) is 1.77. The zero-order valence-corrected chi connectivity index (χ0v) is 8.24. The van der Waals surface area contributed by atoms with Crippen molar-refractivity contribution in [2.45, 2.75) is 10.1 Å². The third kappa shape index (κ3) is 2.23. The number of aromatic nitrogens is 2. The number of hydrogen-bond acceptors (Lipinski definition) is 4.